The fraction of sp³-hybridized carbons (Fsp3) is 0.583. The number of hydrogen-bond donors (Lipinski definition) is 3. The summed E-state index contributed by atoms with van der Waals surface area (Å²) in [5, 5.41) is 10.2. The number of nitrogen functional groups attached to an aromatic ring is 1. The second-order valence-corrected chi connectivity index (χ2v) is 5.05. The first-order chi connectivity index (χ1) is 9.16. The summed E-state index contributed by atoms with van der Waals surface area (Å²) in [5.74, 6) is 0.0716. The molecule has 7 heteroatoms. The summed E-state index contributed by atoms with van der Waals surface area (Å²) in [6.07, 6.45) is 5.98. The smallest absolute Gasteiger partial charge is 0.280 e. The molecule has 4 N–H and O–H groups in total. The van der Waals surface area contributed by atoms with Crippen molar-refractivity contribution < 1.29 is 5.11 Å². The first kappa shape index (κ1) is 12.2. The summed E-state index contributed by atoms with van der Waals surface area (Å²) < 4.78 is 1.79. The molecule has 1 aliphatic carbocycles. The molecular formula is C12H17N5O2. The maximum absolute atomic E-state index is 11.7. The van der Waals surface area contributed by atoms with Gasteiger partial charge >= 0.3 is 0 Å². The van der Waals surface area contributed by atoms with Gasteiger partial charge in [0.15, 0.2) is 11.2 Å². The van der Waals surface area contributed by atoms with Crippen LogP contribution in [0.1, 0.15) is 38.1 Å². The number of imidazole rings is 1. The van der Waals surface area contributed by atoms with Crippen molar-refractivity contribution in [2.24, 2.45) is 0 Å². The van der Waals surface area contributed by atoms with Crippen molar-refractivity contribution in [3.05, 3.63) is 16.7 Å². The number of nitrogens with one attached hydrogen (secondary N) is 1. The molecular weight excluding hydrogens is 246 g/mol. The highest BCUT2D eigenvalue weighted by atomic mass is 16.3. The SMILES string of the molecule is Nc1nc2c(ncn2[C@@H]2CCCCC[C@H]2O)c(=O)[nH]1. The van der Waals surface area contributed by atoms with Crippen molar-refractivity contribution in [1.29, 1.82) is 0 Å². The fourth-order valence-corrected chi connectivity index (χ4v) is 2.78. The van der Waals surface area contributed by atoms with Crippen molar-refractivity contribution in [2.75, 3.05) is 5.73 Å². The Morgan fingerprint density at radius 3 is 3.00 bits per heavy atom. The van der Waals surface area contributed by atoms with Gasteiger partial charge in [-0.1, -0.05) is 19.3 Å². The van der Waals surface area contributed by atoms with E-state index in [2.05, 4.69) is 15.0 Å². The number of aromatic amines is 1. The zero-order valence-electron chi connectivity index (χ0n) is 10.5. The number of aromatic nitrogens is 4. The molecule has 3 rings (SSSR count). The summed E-state index contributed by atoms with van der Waals surface area (Å²) in [6.45, 7) is 0. The van der Waals surface area contributed by atoms with E-state index in [0.29, 0.717) is 5.65 Å². The van der Waals surface area contributed by atoms with E-state index in [1.165, 1.54) is 0 Å². The van der Waals surface area contributed by atoms with Crippen molar-refractivity contribution >= 4 is 17.1 Å². The fourth-order valence-electron chi connectivity index (χ4n) is 2.78. The van der Waals surface area contributed by atoms with E-state index in [1.54, 1.807) is 10.9 Å². The van der Waals surface area contributed by atoms with Crippen LogP contribution in [-0.4, -0.2) is 30.7 Å². The predicted octanol–water partition coefficient (Wildman–Crippen LogP) is 0.568. The van der Waals surface area contributed by atoms with E-state index < -0.39 is 6.10 Å². The quantitative estimate of drug-likeness (QED) is 0.651. The normalized spacial score (nSPS) is 24.5. The second kappa shape index (κ2) is 4.65. The number of nitrogens with zero attached hydrogens (tertiary/aromatic N) is 3. The van der Waals surface area contributed by atoms with E-state index in [1.807, 2.05) is 0 Å². The highest BCUT2D eigenvalue weighted by Gasteiger charge is 2.25. The van der Waals surface area contributed by atoms with Gasteiger partial charge in [-0.25, -0.2) is 4.98 Å². The molecule has 1 saturated carbocycles. The Balaban J connectivity index is 2.11. The Hall–Kier alpha value is -1.89. The average Bonchev–Trinajstić information content (AvgIpc) is 2.66. The van der Waals surface area contributed by atoms with Crippen molar-refractivity contribution in [2.45, 2.75) is 44.2 Å². The number of rotatable bonds is 1. The van der Waals surface area contributed by atoms with Gasteiger partial charge in [-0.2, -0.15) is 4.98 Å². The number of aliphatic hydroxyl groups is 1. The molecule has 1 aliphatic rings. The first-order valence-corrected chi connectivity index (χ1v) is 6.57. The Morgan fingerprint density at radius 2 is 2.16 bits per heavy atom. The van der Waals surface area contributed by atoms with Gasteiger partial charge in [0.25, 0.3) is 5.56 Å². The van der Waals surface area contributed by atoms with Crippen LogP contribution in [0.5, 0.6) is 0 Å². The molecule has 0 bridgehead atoms. The number of nitrogens with two attached hydrogens (primary N) is 1. The summed E-state index contributed by atoms with van der Waals surface area (Å²) >= 11 is 0. The molecule has 2 aromatic heterocycles. The maximum atomic E-state index is 11.7. The Bertz CT molecular complexity index is 647. The molecule has 2 heterocycles. The highest BCUT2D eigenvalue weighted by molar-refractivity contribution is 5.70. The van der Waals surface area contributed by atoms with E-state index in [9.17, 15) is 9.90 Å². The van der Waals surface area contributed by atoms with Crippen LogP contribution in [0.4, 0.5) is 5.95 Å². The van der Waals surface area contributed by atoms with Gasteiger partial charge in [-0.05, 0) is 12.8 Å². The topological polar surface area (TPSA) is 110 Å². The molecule has 2 atom stereocenters. The number of fused-ring (bicyclic) bond motifs is 1. The summed E-state index contributed by atoms with van der Waals surface area (Å²) in [4.78, 5) is 22.4. The van der Waals surface area contributed by atoms with Gasteiger partial charge in [-0.15, -0.1) is 0 Å². The molecule has 0 spiro atoms. The number of H-pyrrole nitrogens is 1. The third-order valence-electron chi connectivity index (χ3n) is 3.75. The van der Waals surface area contributed by atoms with Gasteiger partial charge in [-0.3, -0.25) is 9.78 Å². The van der Waals surface area contributed by atoms with Crippen LogP contribution < -0.4 is 11.3 Å². The van der Waals surface area contributed by atoms with Crippen LogP contribution >= 0.6 is 0 Å². The highest BCUT2D eigenvalue weighted by Crippen LogP contribution is 2.29. The van der Waals surface area contributed by atoms with E-state index in [-0.39, 0.29) is 23.1 Å². The third kappa shape index (κ3) is 2.10. The molecule has 0 radical (unpaired) electrons. The molecule has 0 aromatic carbocycles. The maximum Gasteiger partial charge on any atom is 0.280 e. The van der Waals surface area contributed by atoms with E-state index >= 15 is 0 Å². The van der Waals surface area contributed by atoms with E-state index in [4.69, 9.17) is 5.73 Å². The molecule has 7 nitrogen and oxygen atoms in total. The number of hydrogen-bond acceptors (Lipinski definition) is 5. The third-order valence-corrected chi connectivity index (χ3v) is 3.75. The standard InChI is InChI=1S/C12H17N5O2/c13-12-15-10-9(11(19)16-12)14-6-17(10)7-4-2-1-3-5-8(7)18/h6-8,18H,1-5H2,(H3,13,15,16,19)/t7-,8-/m1/s1. The van der Waals surface area contributed by atoms with Crippen molar-refractivity contribution in [3.8, 4) is 0 Å². The van der Waals surface area contributed by atoms with Gasteiger partial charge in [0, 0.05) is 0 Å². The van der Waals surface area contributed by atoms with Crippen LogP contribution in [0.2, 0.25) is 0 Å². The summed E-state index contributed by atoms with van der Waals surface area (Å²) in [6, 6.07) is -0.0822. The Morgan fingerprint density at radius 1 is 1.37 bits per heavy atom. The summed E-state index contributed by atoms with van der Waals surface area (Å²) in [7, 11) is 0. The molecule has 0 saturated heterocycles. The lowest BCUT2D eigenvalue weighted by Gasteiger charge is -2.22. The molecule has 0 aliphatic heterocycles. The largest absolute Gasteiger partial charge is 0.391 e. The minimum atomic E-state index is -0.429. The van der Waals surface area contributed by atoms with Gasteiger partial charge in [0.2, 0.25) is 5.95 Å². The number of aliphatic hydroxyl groups excluding tert-OH is 1. The zero-order chi connectivity index (χ0) is 13.4. The lowest BCUT2D eigenvalue weighted by Crippen LogP contribution is -2.23. The van der Waals surface area contributed by atoms with Crippen molar-refractivity contribution in [1.82, 2.24) is 19.5 Å². The van der Waals surface area contributed by atoms with Crippen LogP contribution in [0.25, 0.3) is 11.2 Å². The molecule has 1 fully saturated rings. The van der Waals surface area contributed by atoms with Crippen LogP contribution in [0.15, 0.2) is 11.1 Å². The average molecular weight is 263 g/mol. The molecule has 19 heavy (non-hydrogen) atoms. The first-order valence-electron chi connectivity index (χ1n) is 6.57. The second-order valence-electron chi connectivity index (χ2n) is 5.05. The molecule has 102 valence electrons. The summed E-state index contributed by atoms with van der Waals surface area (Å²) in [5.41, 5.74) is 5.95. The predicted molar refractivity (Wildman–Crippen MR) is 70.7 cm³/mol. The monoisotopic (exact) mass is 263 g/mol. The van der Waals surface area contributed by atoms with Crippen molar-refractivity contribution in [3.63, 3.8) is 0 Å². The lowest BCUT2D eigenvalue weighted by molar-refractivity contribution is 0.107. The van der Waals surface area contributed by atoms with Crippen LogP contribution in [0.3, 0.4) is 0 Å². The lowest BCUT2D eigenvalue weighted by atomic mass is 10.1. The van der Waals surface area contributed by atoms with Gasteiger partial charge in [0.1, 0.15) is 0 Å². The minimum Gasteiger partial charge on any atom is -0.391 e. The molecule has 0 unspecified atom stereocenters. The van der Waals surface area contributed by atoms with Crippen LogP contribution in [-0.2, 0) is 0 Å². The van der Waals surface area contributed by atoms with Crippen LogP contribution in [0, 0.1) is 0 Å². The van der Waals surface area contributed by atoms with Gasteiger partial charge in [0.05, 0.1) is 18.5 Å². The Labute approximate surface area is 109 Å². The zero-order valence-corrected chi connectivity index (χ0v) is 10.5. The molecule has 0 amide bonds. The van der Waals surface area contributed by atoms with E-state index in [0.717, 1.165) is 32.1 Å². The molecule has 2 aromatic rings. The van der Waals surface area contributed by atoms with Gasteiger partial charge < -0.3 is 15.4 Å². The Kier molecular flexibility index (Phi) is 2.98. The minimum absolute atomic E-state index is 0.0716. The number of anilines is 1.